The summed E-state index contributed by atoms with van der Waals surface area (Å²) in [5.74, 6) is -0.707. The van der Waals surface area contributed by atoms with E-state index in [2.05, 4.69) is 10.3 Å². The lowest BCUT2D eigenvalue weighted by molar-refractivity contribution is -0.130. The zero-order valence-corrected chi connectivity index (χ0v) is 12.9. The van der Waals surface area contributed by atoms with Crippen molar-refractivity contribution in [3.05, 3.63) is 11.3 Å². The number of hydrogen-bond donors (Lipinski definition) is 1. The van der Waals surface area contributed by atoms with Gasteiger partial charge in [0.05, 0.1) is 5.56 Å². The van der Waals surface area contributed by atoms with Crippen LogP contribution in [0.25, 0.3) is 0 Å². The van der Waals surface area contributed by atoms with Crippen LogP contribution in [0.5, 0.6) is 5.88 Å². The van der Waals surface area contributed by atoms with E-state index in [1.165, 1.54) is 7.05 Å². The Morgan fingerprint density at radius 2 is 2.09 bits per heavy atom. The summed E-state index contributed by atoms with van der Waals surface area (Å²) in [5.41, 5.74) is -1.69. The number of hydrogen-bond acceptors (Lipinski definition) is 5. The van der Waals surface area contributed by atoms with Crippen LogP contribution >= 0.6 is 11.8 Å². The molecule has 2 heterocycles. The molecule has 0 bridgehead atoms. The van der Waals surface area contributed by atoms with E-state index in [0.29, 0.717) is 11.8 Å². The summed E-state index contributed by atoms with van der Waals surface area (Å²) in [4.78, 5) is 5.04. The van der Waals surface area contributed by atoms with Crippen molar-refractivity contribution in [1.82, 2.24) is 9.78 Å². The molecule has 0 aromatic carbocycles. The maximum Gasteiger partial charge on any atom is 0.405 e. The third kappa shape index (κ3) is 3.31. The molecule has 1 unspecified atom stereocenters. The summed E-state index contributed by atoms with van der Waals surface area (Å²) in [7, 11) is 1.25. The lowest BCUT2D eigenvalue weighted by atomic mass is 10.1. The molecule has 5 nitrogen and oxygen atoms in total. The van der Waals surface area contributed by atoms with Gasteiger partial charge in [-0.2, -0.15) is 18.3 Å². The third-order valence-electron chi connectivity index (χ3n) is 3.04. The van der Waals surface area contributed by atoms with E-state index in [1.807, 2.05) is 0 Å². The highest BCUT2D eigenvalue weighted by molar-refractivity contribution is 8.14. The minimum Gasteiger partial charge on any atom is -0.493 e. The summed E-state index contributed by atoms with van der Waals surface area (Å²) in [6.07, 6.45) is -4.50. The molecular weight excluding hydrogens is 326 g/mol. The molecule has 0 amide bonds. The first-order valence-corrected chi connectivity index (χ1v) is 7.22. The Morgan fingerprint density at radius 3 is 2.55 bits per heavy atom. The summed E-state index contributed by atoms with van der Waals surface area (Å²) >= 11 is 0.392. The van der Waals surface area contributed by atoms with Crippen molar-refractivity contribution in [2.24, 2.45) is 12.2 Å². The Labute approximate surface area is 128 Å². The summed E-state index contributed by atoms with van der Waals surface area (Å²) in [6, 6.07) is 0. The lowest BCUT2D eigenvalue weighted by Gasteiger charge is -2.20. The second-order valence-electron chi connectivity index (χ2n) is 5.49. The zero-order chi connectivity index (χ0) is 16.7. The summed E-state index contributed by atoms with van der Waals surface area (Å²) in [6.45, 7) is 2.19. The van der Waals surface area contributed by atoms with Crippen molar-refractivity contribution in [2.75, 3.05) is 0 Å². The van der Waals surface area contributed by atoms with Gasteiger partial charge < -0.3 is 9.94 Å². The van der Waals surface area contributed by atoms with Gasteiger partial charge in [0.1, 0.15) is 28.3 Å². The molecule has 0 saturated carbocycles. The van der Waals surface area contributed by atoms with Gasteiger partial charge in [-0.3, -0.25) is 0 Å². The zero-order valence-electron chi connectivity index (χ0n) is 12.1. The van der Waals surface area contributed by atoms with Crippen molar-refractivity contribution < 1.29 is 27.5 Å². The van der Waals surface area contributed by atoms with Crippen LogP contribution in [0.4, 0.5) is 17.6 Å². The van der Waals surface area contributed by atoms with Crippen LogP contribution in [0.1, 0.15) is 36.8 Å². The van der Waals surface area contributed by atoms with Gasteiger partial charge in [-0.1, -0.05) is 16.9 Å². The molecule has 0 fully saturated rings. The second-order valence-corrected chi connectivity index (χ2v) is 6.67. The van der Waals surface area contributed by atoms with E-state index in [4.69, 9.17) is 4.84 Å². The minimum absolute atomic E-state index is 0.139. The van der Waals surface area contributed by atoms with E-state index >= 15 is 0 Å². The van der Waals surface area contributed by atoms with Gasteiger partial charge in [-0.05, 0) is 13.8 Å². The standard InChI is InChI=1S/C12H15F4N3O2S/c1-11(2)4-7(18-21-11)22-9(12(14,15)16)8-6(5-13)17-19(3)10(8)20/h9,20H,4-5H2,1-3H3. The number of oxime groups is 1. The number of aromatic hydroxyl groups is 1. The fraction of sp³-hybridized carbons (Fsp3) is 0.667. The summed E-state index contributed by atoms with van der Waals surface area (Å²) < 4.78 is 53.9. The van der Waals surface area contributed by atoms with Crippen molar-refractivity contribution in [2.45, 2.75) is 44.0 Å². The van der Waals surface area contributed by atoms with Crippen molar-refractivity contribution in [3.8, 4) is 5.88 Å². The van der Waals surface area contributed by atoms with Crippen LogP contribution in [0.2, 0.25) is 0 Å². The highest BCUT2D eigenvalue weighted by atomic mass is 32.2. The van der Waals surface area contributed by atoms with Crippen LogP contribution in [0.3, 0.4) is 0 Å². The molecule has 1 aromatic heterocycles. The van der Waals surface area contributed by atoms with Crippen LogP contribution in [-0.4, -0.2) is 31.7 Å². The average Bonchev–Trinajstić information content (AvgIpc) is 2.86. The molecule has 0 radical (unpaired) electrons. The average molecular weight is 341 g/mol. The first-order valence-electron chi connectivity index (χ1n) is 6.34. The molecule has 124 valence electrons. The first kappa shape index (κ1) is 16.9. The fourth-order valence-corrected chi connectivity index (χ4v) is 3.32. The highest BCUT2D eigenvalue weighted by Crippen LogP contribution is 2.49. The smallest absolute Gasteiger partial charge is 0.405 e. The predicted octanol–water partition coefficient (Wildman–Crippen LogP) is 3.44. The van der Waals surface area contributed by atoms with Gasteiger partial charge in [-0.25, -0.2) is 9.07 Å². The van der Waals surface area contributed by atoms with E-state index < -0.39 is 40.8 Å². The highest BCUT2D eigenvalue weighted by Gasteiger charge is 2.47. The van der Waals surface area contributed by atoms with E-state index in [9.17, 15) is 22.7 Å². The molecule has 0 aliphatic carbocycles. The molecule has 0 saturated heterocycles. The van der Waals surface area contributed by atoms with Gasteiger partial charge >= 0.3 is 6.18 Å². The predicted molar refractivity (Wildman–Crippen MR) is 73.3 cm³/mol. The molecule has 1 atom stereocenters. The van der Waals surface area contributed by atoms with Gasteiger partial charge in [0.15, 0.2) is 0 Å². The summed E-state index contributed by atoms with van der Waals surface area (Å²) in [5, 5.41) is 15.0. The van der Waals surface area contributed by atoms with Crippen LogP contribution in [0.15, 0.2) is 5.16 Å². The van der Waals surface area contributed by atoms with Crippen molar-refractivity contribution >= 4 is 16.8 Å². The minimum atomic E-state index is -4.70. The van der Waals surface area contributed by atoms with Gasteiger partial charge in [-0.15, -0.1) is 0 Å². The molecule has 2 rings (SSSR count). The lowest BCUT2D eigenvalue weighted by Crippen LogP contribution is -2.22. The number of aryl methyl sites for hydroxylation is 1. The Kier molecular flexibility index (Phi) is 4.33. The van der Waals surface area contributed by atoms with Crippen LogP contribution < -0.4 is 0 Å². The quantitative estimate of drug-likeness (QED) is 0.856. The first-order chi connectivity index (χ1) is 10.0. The SMILES string of the molecule is Cn1nc(CF)c(C(SC2=NOC(C)(C)C2)C(F)(F)F)c1O. The van der Waals surface area contributed by atoms with Gasteiger partial charge in [0.25, 0.3) is 0 Å². The van der Waals surface area contributed by atoms with Crippen LogP contribution in [0, 0.1) is 0 Å². The number of alkyl halides is 4. The molecule has 0 spiro atoms. The monoisotopic (exact) mass is 341 g/mol. The second kappa shape index (κ2) is 5.64. The van der Waals surface area contributed by atoms with E-state index in [0.717, 1.165) is 4.68 Å². The molecule has 10 heteroatoms. The molecule has 1 aliphatic heterocycles. The number of nitrogens with zero attached hydrogens (tertiary/aromatic N) is 3. The Morgan fingerprint density at radius 1 is 1.45 bits per heavy atom. The Balaban J connectivity index is 2.37. The number of aromatic nitrogens is 2. The molecule has 1 N–H and O–H groups in total. The molecule has 1 aliphatic rings. The van der Waals surface area contributed by atoms with Gasteiger partial charge in [0, 0.05) is 13.5 Å². The van der Waals surface area contributed by atoms with Crippen molar-refractivity contribution in [1.29, 1.82) is 0 Å². The largest absolute Gasteiger partial charge is 0.493 e. The Bertz CT molecular complexity index is 598. The van der Waals surface area contributed by atoms with Gasteiger partial charge in [0.2, 0.25) is 5.88 Å². The normalized spacial score (nSPS) is 19.0. The topological polar surface area (TPSA) is 59.6 Å². The van der Waals surface area contributed by atoms with Crippen LogP contribution in [-0.2, 0) is 18.6 Å². The molecule has 22 heavy (non-hydrogen) atoms. The third-order valence-corrected chi connectivity index (χ3v) is 4.27. The fourth-order valence-electron chi connectivity index (χ4n) is 2.04. The van der Waals surface area contributed by atoms with Crippen molar-refractivity contribution in [3.63, 3.8) is 0 Å². The maximum atomic E-state index is 13.4. The van der Waals surface area contributed by atoms with E-state index in [-0.39, 0.29) is 11.5 Å². The number of rotatable bonds is 3. The maximum absolute atomic E-state index is 13.4. The number of halogens is 4. The number of thioether (sulfide) groups is 1. The van der Waals surface area contributed by atoms with E-state index in [1.54, 1.807) is 13.8 Å². The Hall–Kier alpha value is -1.45. The molecule has 1 aromatic rings. The molecular formula is C12H15F4N3O2S.